The van der Waals surface area contributed by atoms with Crippen LogP contribution in [0.4, 0.5) is 0 Å². The Kier molecular flexibility index (Phi) is 3.22. The first kappa shape index (κ1) is 10.8. The molecule has 3 nitrogen and oxygen atoms in total. The molecule has 1 N–H and O–H groups in total. The van der Waals surface area contributed by atoms with Crippen LogP contribution in [0.25, 0.3) is 0 Å². The van der Waals surface area contributed by atoms with Crippen LogP contribution in [0.3, 0.4) is 0 Å². The summed E-state index contributed by atoms with van der Waals surface area (Å²) >= 11 is 11.6. The summed E-state index contributed by atoms with van der Waals surface area (Å²) in [4.78, 5) is 11.6. The molecule has 1 heterocycles. The van der Waals surface area contributed by atoms with E-state index in [0.29, 0.717) is 0 Å². The SMILES string of the molecule is O=C(NC1CCCC1Cl)c1ccc(Cl)o1. The number of amides is 1. The molecule has 1 aliphatic rings. The maximum absolute atomic E-state index is 11.6. The van der Waals surface area contributed by atoms with Crippen molar-refractivity contribution in [1.82, 2.24) is 5.32 Å². The van der Waals surface area contributed by atoms with Gasteiger partial charge in [-0.1, -0.05) is 0 Å². The minimum atomic E-state index is -0.251. The molecular formula is C10H11Cl2NO2. The van der Waals surface area contributed by atoms with Crippen LogP contribution in [0.5, 0.6) is 0 Å². The predicted molar refractivity (Wildman–Crippen MR) is 58.5 cm³/mol. The van der Waals surface area contributed by atoms with Crippen LogP contribution in [0.15, 0.2) is 16.5 Å². The quantitative estimate of drug-likeness (QED) is 0.817. The Bertz CT molecular complexity index is 364. The van der Waals surface area contributed by atoms with Gasteiger partial charge in [-0.25, -0.2) is 0 Å². The van der Waals surface area contributed by atoms with E-state index in [0.717, 1.165) is 19.3 Å². The van der Waals surface area contributed by atoms with Crippen LogP contribution < -0.4 is 5.32 Å². The second-order valence-electron chi connectivity index (χ2n) is 3.63. The summed E-state index contributed by atoms with van der Waals surface area (Å²) in [5.41, 5.74) is 0. The summed E-state index contributed by atoms with van der Waals surface area (Å²) in [6, 6.07) is 3.14. The Morgan fingerprint density at radius 2 is 2.27 bits per heavy atom. The van der Waals surface area contributed by atoms with E-state index in [1.165, 1.54) is 0 Å². The molecule has 0 spiro atoms. The number of furan rings is 1. The first-order valence-electron chi connectivity index (χ1n) is 4.87. The van der Waals surface area contributed by atoms with E-state index in [9.17, 15) is 4.79 Å². The molecule has 1 aromatic heterocycles. The van der Waals surface area contributed by atoms with Gasteiger partial charge in [-0.2, -0.15) is 0 Å². The molecule has 1 saturated carbocycles. The van der Waals surface area contributed by atoms with Crippen molar-refractivity contribution in [2.24, 2.45) is 0 Å². The summed E-state index contributed by atoms with van der Waals surface area (Å²) in [6.45, 7) is 0. The van der Waals surface area contributed by atoms with Crippen LogP contribution in [-0.2, 0) is 0 Å². The summed E-state index contributed by atoms with van der Waals surface area (Å²) in [7, 11) is 0. The van der Waals surface area contributed by atoms with Crippen molar-refractivity contribution in [2.45, 2.75) is 30.7 Å². The van der Waals surface area contributed by atoms with E-state index in [4.69, 9.17) is 27.6 Å². The molecule has 15 heavy (non-hydrogen) atoms. The lowest BCUT2D eigenvalue weighted by Gasteiger charge is -2.14. The minimum absolute atomic E-state index is 0.0272. The highest BCUT2D eigenvalue weighted by Gasteiger charge is 2.27. The van der Waals surface area contributed by atoms with E-state index < -0.39 is 0 Å². The van der Waals surface area contributed by atoms with E-state index >= 15 is 0 Å². The zero-order valence-electron chi connectivity index (χ0n) is 8.00. The van der Waals surface area contributed by atoms with Crippen molar-refractivity contribution in [3.63, 3.8) is 0 Å². The van der Waals surface area contributed by atoms with Crippen LogP contribution in [0, 0.1) is 0 Å². The normalized spacial score (nSPS) is 25.5. The summed E-state index contributed by atoms with van der Waals surface area (Å²) in [5.74, 6) is -0.0183. The van der Waals surface area contributed by atoms with Crippen LogP contribution in [0.2, 0.25) is 5.22 Å². The van der Waals surface area contributed by atoms with Crippen molar-refractivity contribution in [1.29, 1.82) is 0 Å². The van der Waals surface area contributed by atoms with Gasteiger partial charge >= 0.3 is 0 Å². The van der Waals surface area contributed by atoms with Crippen molar-refractivity contribution >= 4 is 29.1 Å². The Labute approximate surface area is 97.7 Å². The highest BCUT2D eigenvalue weighted by Crippen LogP contribution is 2.24. The molecule has 0 radical (unpaired) electrons. The van der Waals surface area contributed by atoms with Gasteiger partial charge in [0.2, 0.25) is 0 Å². The molecule has 82 valence electrons. The Morgan fingerprint density at radius 3 is 2.80 bits per heavy atom. The van der Waals surface area contributed by atoms with Gasteiger partial charge in [0.05, 0.1) is 5.38 Å². The number of hydrogen-bond donors (Lipinski definition) is 1. The van der Waals surface area contributed by atoms with E-state index in [1.807, 2.05) is 0 Å². The average molecular weight is 248 g/mol. The number of carbonyl (C=O) groups is 1. The van der Waals surface area contributed by atoms with Gasteiger partial charge in [0.1, 0.15) is 0 Å². The predicted octanol–water partition coefficient (Wildman–Crippen LogP) is 2.82. The van der Waals surface area contributed by atoms with Gasteiger partial charge in [0.25, 0.3) is 5.91 Å². The third-order valence-corrected chi connectivity index (χ3v) is 3.27. The number of rotatable bonds is 2. The number of carbonyl (C=O) groups excluding carboxylic acids is 1. The highest BCUT2D eigenvalue weighted by atomic mass is 35.5. The van der Waals surface area contributed by atoms with Gasteiger partial charge in [-0.15, -0.1) is 11.6 Å². The fourth-order valence-corrected chi connectivity index (χ4v) is 2.24. The fourth-order valence-electron chi connectivity index (χ4n) is 1.75. The van der Waals surface area contributed by atoms with Crippen molar-refractivity contribution < 1.29 is 9.21 Å². The molecule has 2 rings (SSSR count). The Hall–Kier alpha value is -0.670. The van der Waals surface area contributed by atoms with Gasteiger partial charge < -0.3 is 9.73 Å². The van der Waals surface area contributed by atoms with Crippen molar-refractivity contribution in [3.8, 4) is 0 Å². The Balaban J connectivity index is 1.97. The molecular weight excluding hydrogens is 237 g/mol. The molecule has 1 fully saturated rings. The Morgan fingerprint density at radius 1 is 1.47 bits per heavy atom. The molecule has 2 atom stereocenters. The molecule has 1 aliphatic carbocycles. The molecule has 0 bridgehead atoms. The third-order valence-electron chi connectivity index (χ3n) is 2.55. The summed E-state index contributed by atoms with van der Waals surface area (Å²) < 4.78 is 5.00. The fraction of sp³-hybridized carbons (Fsp3) is 0.500. The molecule has 2 unspecified atom stereocenters. The number of nitrogens with one attached hydrogen (secondary N) is 1. The van der Waals surface area contributed by atoms with E-state index in [-0.39, 0.29) is 28.3 Å². The van der Waals surface area contributed by atoms with Crippen LogP contribution >= 0.6 is 23.2 Å². The smallest absolute Gasteiger partial charge is 0.287 e. The van der Waals surface area contributed by atoms with E-state index in [2.05, 4.69) is 5.32 Å². The first-order chi connectivity index (χ1) is 7.16. The molecule has 5 heteroatoms. The van der Waals surface area contributed by atoms with Gasteiger partial charge in [-0.3, -0.25) is 4.79 Å². The lowest BCUT2D eigenvalue weighted by molar-refractivity contribution is 0.0910. The second-order valence-corrected chi connectivity index (χ2v) is 4.56. The standard InChI is InChI=1S/C10H11Cl2NO2/c11-6-2-1-3-7(6)13-10(14)8-4-5-9(12)15-8/h4-7H,1-3H2,(H,13,14). The third kappa shape index (κ3) is 2.47. The topological polar surface area (TPSA) is 42.2 Å². The monoisotopic (exact) mass is 247 g/mol. The average Bonchev–Trinajstić information content (AvgIpc) is 2.77. The van der Waals surface area contributed by atoms with Gasteiger partial charge in [-0.05, 0) is 43.0 Å². The first-order valence-corrected chi connectivity index (χ1v) is 5.68. The molecule has 0 aliphatic heterocycles. The lowest BCUT2D eigenvalue weighted by Crippen LogP contribution is -2.37. The van der Waals surface area contributed by atoms with Crippen molar-refractivity contribution in [3.05, 3.63) is 23.1 Å². The maximum atomic E-state index is 11.6. The number of alkyl halides is 1. The molecule has 0 aromatic carbocycles. The molecule has 1 amide bonds. The van der Waals surface area contributed by atoms with Crippen LogP contribution in [-0.4, -0.2) is 17.3 Å². The molecule has 1 aromatic rings. The highest BCUT2D eigenvalue weighted by molar-refractivity contribution is 6.29. The van der Waals surface area contributed by atoms with Gasteiger partial charge in [0.15, 0.2) is 11.0 Å². The lowest BCUT2D eigenvalue weighted by atomic mass is 10.2. The number of halogens is 2. The maximum Gasteiger partial charge on any atom is 0.287 e. The minimum Gasteiger partial charge on any atom is -0.440 e. The van der Waals surface area contributed by atoms with Crippen molar-refractivity contribution in [2.75, 3.05) is 0 Å². The number of hydrogen-bond acceptors (Lipinski definition) is 2. The van der Waals surface area contributed by atoms with E-state index in [1.54, 1.807) is 12.1 Å². The zero-order valence-corrected chi connectivity index (χ0v) is 9.52. The summed E-state index contributed by atoms with van der Waals surface area (Å²) in [5, 5.41) is 3.08. The van der Waals surface area contributed by atoms with Crippen LogP contribution in [0.1, 0.15) is 29.8 Å². The molecule has 0 saturated heterocycles. The van der Waals surface area contributed by atoms with Gasteiger partial charge in [0, 0.05) is 6.04 Å². The zero-order chi connectivity index (χ0) is 10.8. The summed E-state index contributed by atoms with van der Waals surface area (Å²) in [6.07, 6.45) is 2.93. The largest absolute Gasteiger partial charge is 0.440 e. The second kappa shape index (κ2) is 4.45.